The van der Waals surface area contributed by atoms with Gasteiger partial charge in [-0.1, -0.05) is 27.7 Å². The van der Waals surface area contributed by atoms with E-state index in [1.165, 1.54) is 38.5 Å². The predicted octanol–water partition coefficient (Wildman–Crippen LogP) is 6.27. The van der Waals surface area contributed by atoms with Gasteiger partial charge in [-0.15, -0.1) is 0 Å². The number of aromatic nitrogens is 2. The smallest absolute Gasteiger partial charge is 0.138 e. The summed E-state index contributed by atoms with van der Waals surface area (Å²) in [6.07, 6.45) is 12.0. The van der Waals surface area contributed by atoms with Gasteiger partial charge < -0.3 is 9.47 Å². The van der Waals surface area contributed by atoms with E-state index in [1.807, 2.05) is 24.5 Å². The molecule has 2 aromatic rings. The van der Waals surface area contributed by atoms with Crippen molar-refractivity contribution in [3.05, 3.63) is 48.0 Å². The first-order valence-electron chi connectivity index (χ1n) is 10.8. The third-order valence-electron chi connectivity index (χ3n) is 5.40. The number of hydrogen-bond donors (Lipinski definition) is 0. The van der Waals surface area contributed by atoms with Crippen LogP contribution in [-0.2, 0) is 0 Å². The fourth-order valence-electron chi connectivity index (χ4n) is 2.98. The van der Waals surface area contributed by atoms with Gasteiger partial charge in [-0.25, -0.2) is 0 Å². The van der Waals surface area contributed by atoms with Crippen LogP contribution in [0.1, 0.15) is 89.4 Å². The van der Waals surface area contributed by atoms with Crippen molar-refractivity contribution >= 4 is 0 Å². The minimum absolute atomic E-state index is 0.446. The van der Waals surface area contributed by atoms with Gasteiger partial charge in [0.1, 0.15) is 11.5 Å². The van der Waals surface area contributed by atoms with Gasteiger partial charge in [0.05, 0.1) is 18.4 Å². The third kappa shape index (κ3) is 5.95. The molecule has 4 heteroatoms. The van der Waals surface area contributed by atoms with Crippen molar-refractivity contribution in [1.82, 2.24) is 9.97 Å². The first-order chi connectivity index (χ1) is 13.5. The van der Waals surface area contributed by atoms with Crippen LogP contribution in [0.2, 0.25) is 0 Å². The van der Waals surface area contributed by atoms with E-state index >= 15 is 0 Å². The van der Waals surface area contributed by atoms with Crippen LogP contribution in [0.4, 0.5) is 0 Å². The molecule has 0 N–H and O–H groups in total. The third-order valence-corrected chi connectivity index (χ3v) is 5.40. The lowest BCUT2D eigenvalue weighted by molar-refractivity contribution is 0.119. The van der Waals surface area contributed by atoms with E-state index in [0.717, 1.165) is 22.9 Å². The number of ether oxygens (including phenoxy) is 2. The Bertz CT molecular complexity index is 720. The Hall–Kier alpha value is -2.10. The Balaban J connectivity index is 0.000000161. The second-order valence-corrected chi connectivity index (χ2v) is 8.49. The van der Waals surface area contributed by atoms with Crippen LogP contribution in [0.5, 0.6) is 11.5 Å². The van der Waals surface area contributed by atoms with Gasteiger partial charge >= 0.3 is 0 Å². The zero-order valence-electron chi connectivity index (χ0n) is 17.7. The molecule has 4 rings (SSSR count). The van der Waals surface area contributed by atoms with Crippen LogP contribution in [0.3, 0.4) is 0 Å². The summed E-state index contributed by atoms with van der Waals surface area (Å²) in [5, 5.41) is 0. The van der Waals surface area contributed by atoms with E-state index in [1.54, 1.807) is 0 Å². The maximum atomic E-state index is 5.80. The van der Waals surface area contributed by atoms with Crippen LogP contribution in [0, 0.1) is 0 Å². The molecule has 2 saturated carbocycles. The molecule has 2 aliphatic carbocycles. The first-order valence-corrected chi connectivity index (χ1v) is 10.8. The summed E-state index contributed by atoms with van der Waals surface area (Å²) in [7, 11) is 0. The van der Waals surface area contributed by atoms with Crippen LogP contribution >= 0.6 is 0 Å². The fraction of sp³-hybridized carbons (Fsp3) is 0.583. The molecule has 28 heavy (non-hydrogen) atoms. The Morgan fingerprint density at radius 2 is 1.36 bits per heavy atom. The van der Waals surface area contributed by atoms with E-state index in [0.29, 0.717) is 24.0 Å². The second kappa shape index (κ2) is 9.90. The number of pyridine rings is 2. The highest BCUT2D eigenvalue weighted by Gasteiger charge is 2.19. The van der Waals surface area contributed by atoms with Crippen molar-refractivity contribution in [1.29, 1.82) is 0 Å². The summed E-state index contributed by atoms with van der Waals surface area (Å²) in [4.78, 5) is 8.67. The summed E-state index contributed by atoms with van der Waals surface area (Å²) in [6.45, 7) is 8.59. The molecule has 0 aromatic carbocycles. The van der Waals surface area contributed by atoms with E-state index < -0.39 is 0 Å². The quantitative estimate of drug-likeness (QED) is 0.590. The highest BCUT2D eigenvalue weighted by atomic mass is 16.5. The number of nitrogens with zero attached hydrogens (tertiary/aromatic N) is 2. The van der Waals surface area contributed by atoms with Gasteiger partial charge in [0.15, 0.2) is 0 Å². The van der Waals surface area contributed by atoms with Crippen LogP contribution < -0.4 is 9.47 Å². The zero-order chi connectivity index (χ0) is 19.9. The highest BCUT2D eigenvalue weighted by molar-refractivity contribution is 5.24. The van der Waals surface area contributed by atoms with Gasteiger partial charge in [0, 0.05) is 23.7 Å². The summed E-state index contributed by atoms with van der Waals surface area (Å²) in [5.74, 6) is 2.86. The molecule has 2 aromatic heterocycles. The maximum Gasteiger partial charge on any atom is 0.138 e. The van der Waals surface area contributed by atoms with E-state index in [9.17, 15) is 0 Å². The highest BCUT2D eigenvalue weighted by Crippen LogP contribution is 2.26. The van der Waals surface area contributed by atoms with E-state index in [2.05, 4.69) is 49.8 Å². The van der Waals surface area contributed by atoms with Crippen LogP contribution in [-0.4, -0.2) is 22.2 Å². The largest absolute Gasteiger partial charge is 0.490 e. The lowest BCUT2D eigenvalue weighted by atomic mass is 9.96. The minimum atomic E-state index is 0.446. The average molecular weight is 383 g/mol. The molecule has 0 saturated heterocycles. The monoisotopic (exact) mass is 382 g/mol. The molecule has 0 radical (unpaired) electrons. The molecule has 152 valence electrons. The van der Waals surface area contributed by atoms with Gasteiger partial charge in [0.25, 0.3) is 0 Å². The molecule has 0 bridgehead atoms. The van der Waals surface area contributed by atoms with Crippen molar-refractivity contribution in [3.8, 4) is 11.5 Å². The normalized spacial score (nSPS) is 16.8. The summed E-state index contributed by atoms with van der Waals surface area (Å²) in [6, 6.07) is 8.09. The van der Waals surface area contributed by atoms with Gasteiger partial charge in [-0.05, 0) is 68.6 Å². The molecule has 0 unspecified atom stereocenters. The Labute approximate surface area is 169 Å². The molecular weight excluding hydrogens is 348 g/mol. The summed E-state index contributed by atoms with van der Waals surface area (Å²) < 4.78 is 11.5. The fourth-order valence-corrected chi connectivity index (χ4v) is 2.98. The molecule has 0 aliphatic heterocycles. The molecule has 0 spiro atoms. The maximum absolute atomic E-state index is 5.80. The van der Waals surface area contributed by atoms with Gasteiger partial charge in [0.2, 0.25) is 0 Å². The molecule has 2 aliphatic rings. The molecule has 4 nitrogen and oxygen atoms in total. The SMILES string of the molecule is CC(C)c1cc(OC2CCC2)ccn1.CC(C)c1ccc(OC2CCC2)cn1. The number of hydrogen-bond acceptors (Lipinski definition) is 4. The topological polar surface area (TPSA) is 44.2 Å². The lowest BCUT2D eigenvalue weighted by Gasteiger charge is -2.26. The first kappa shape index (κ1) is 20.6. The summed E-state index contributed by atoms with van der Waals surface area (Å²) in [5.41, 5.74) is 2.24. The predicted molar refractivity (Wildman–Crippen MR) is 113 cm³/mol. The zero-order valence-corrected chi connectivity index (χ0v) is 17.7. The van der Waals surface area contributed by atoms with Crippen molar-refractivity contribution in [2.45, 2.75) is 90.3 Å². The van der Waals surface area contributed by atoms with E-state index in [4.69, 9.17) is 9.47 Å². The molecule has 2 fully saturated rings. The van der Waals surface area contributed by atoms with Gasteiger partial charge in [-0.2, -0.15) is 0 Å². The molecule has 0 amide bonds. The van der Waals surface area contributed by atoms with Crippen molar-refractivity contribution in [2.75, 3.05) is 0 Å². The number of rotatable bonds is 6. The molecular formula is C24H34N2O2. The van der Waals surface area contributed by atoms with Crippen molar-refractivity contribution in [3.63, 3.8) is 0 Å². The van der Waals surface area contributed by atoms with Crippen molar-refractivity contribution < 1.29 is 9.47 Å². The Kier molecular flexibility index (Phi) is 7.30. The summed E-state index contributed by atoms with van der Waals surface area (Å²) >= 11 is 0. The molecule has 0 atom stereocenters. The van der Waals surface area contributed by atoms with Crippen LogP contribution in [0.25, 0.3) is 0 Å². The molecule has 2 heterocycles. The average Bonchev–Trinajstić information content (AvgIpc) is 2.62. The lowest BCUT2D eigenvalue weighted by Crippen LogP contribution is -2.24. The Morgan fingerprint density at radius 3 is 1.82 bits per heavy atom. The van der Waals surface area contributed by atoms with Crippen molar-refractivity contribution in [2.24, 2.45) is 0 Å². The standard InChI is InChI=1S/2C12H17NO/c1-9(2)12-8-11(6-7-13-12)14-10-4-3-5-10;1-9(2)12-7-6-11(8-13-12)14-10-4-3-5-10/h2*6-10H,3-5H2,1-2H3. The Morgan fingerprint density at radius 1 is 0.750 bits per heavy atom. The van der Waals surface area contributed by atoms with Gasteiger partial charge in [-0.3, -0.25) is 9.97 Å². The van der Waals surface area contributed by atoms with E-state index in [-0.39, 0.29) is 0 Å². The minimum Gasteiger partial charge on any atom is -0.490 e. The second-order valence-electron chi connectivity index (χ2n) is 8.49. The van der Waals surface area contributed by atoms with Crippen LogP contribution in [0.15, 0.2) is 36.7 Å².